The van der Waals surface area contributed by atoms with Crippen LogP contribution >= 0.6 is 0 Å². The van der Waals surface area contributed by atoms with Crippen LogP contribution in [0.5, 0.6) is 0 Å². The lowest BCUT2D eigenvalue weighted by atomic mass is 9.87. The van der Waals surface area contributed by atoms with Crippen LogP contribution in [-0.4, -0.2) is 19.3 Å². The fourth-order valence-electron chi connectivity index (χ4n) is 4.23. The lowest BCUT2D eigenvalue weighted by molar-refractivity contribution is -0.163. The average Bonchev–Trinajstić information content (AvgIpc) is 3.18. The van der Waals surface area contributed by atoms with Crippen molar-refractivity contribution in [1.82, 2.24) is 0 Å². The molecule has 0 N–H and O–H groups in total. The third-order valence-corrected chi connectivity index (χ3v) is 5.17. The van der Waals surface area contributed by atoms with Crippen LogP contribution in [0.4, 0.5) is 18.9 Å². The minimum Gasteiger partial charge on any atom is -0.369 e. The second-order valence-electron chi connectivity index (χ2n) is 6.15. The first kappa shape index (κ1) is 14.1. The first-order valence-corrected chi connectivity index (χ1v) is 7.32. The number of anilines is 1. The van der Waals surface area contributed by atoms with Crippen LogP contribution < -0.4 is 4.90 Å². The highest BCUT2D eigenvalue weighted by atomic mass is 19.4. The molecule has 0 amide bonds. The molecule has 0 spiro atoms. The molecule has 1 heterocycles. The van der Waals surface area contributed by atoms with Crippen molar-refractivity contribution in [3.63, 3.8) is 0 Å². The van der Waals surface area contributed by atoms with Crippen LogP contribution in [0, 0.1) is 11.3 Å². The van der Waals surface area contributed by atoms with E-state index in [1.807, 2.05) is 6.07 Å². The SMILES string of the molecule is CN1c2ccc(C#N)cc2[C@H]2[C@@H]1[C@]2(c1ccccc1)C(F)(F)F. The van der Waals surface area contributed by atoms with Gasteiger partial charge in [-0.25, -0.2) is 0 Å². The fraction of sp³-hybridized carbons (Fsp3) is 0.278. The van der Waals surface area contributed by atoms with Gasteiger partial charge in [0.05, 0.1) is 17.7 Å². The lowest BCUT2D eigenvalue weighted by Gasteiger charge is -2.29. The van der Waals surface area contributed by atoms with Crippen LogP contribution in [0.25, 0.3) is 0 Å². The summed E-state index contributed by atoms with van der Waals surface area (Å²) < 4.78 is 42.2. The second-order valence-corrected chi connectivity index (χ2v) is 6.15. The molecule has 2 aliphatic rings. The second kappa shape index (κ2) is 4.29. The van der Waals surface area contributed by atoms with Gasteiger partial charge in [-0.15, -0.1) is 0 Å². The van der Waals surface area contributed by atoms with E-state index in [1.54, 1.807) is 60.5 Å². The molecule has 1 aliphatic heterocycles. The Morgan fingerprint density at radius 2 is 1.83 bits per heavy atom. The van der Waals surface area contributed by atoms with Crippen LogP contribution in [0.3, 0.4) is 0 Å². The summed E-state index contributed by atoms with van der Waals surface area (Å²) >= 11 is 0. The Morgan fingerprint density at radius 3 is 2.43 bits per heavy atom. The van der Waals surface area contributed by atoms with E-state index in [4.69, 9.17) is 5.26 Å². The summed E-state index contributed by atoms with van der Waals surface area (Å²) in [6.07, 6.45) is -4.35. The van der Waals surface area contributed by atoms with Gasteiger partial charge in [0.2, 0.25) is 0 Å². The van der Waals surface area contributed by atoms with Crippen LogP contribution in [0.1, 0.15) is 22.6 Å². The van der Waals surface area contributed by atoms with Gasteiger partial charge in [0, 0.05) is 18.7 Å². The molecule has 3 atom stereocenters. The van der Waals surface area contributed by atoms with Gasteiger partial charge in [-0.05, 0) is 29.3 Å². The van der Waals surface area contributed by atoms with Crippen molar-refractivity contribution in [2.45, 2.75) is 23.6 Å². The highest BCUT2D eigenvalue weighted by Crippen LogP contribution is 2.74. The van der Waals surface area contributed by atoms with E-state index >= 15 is 0 Å². The van der Waals surface area contributed by atoms with Crippen molar-refractivity contribution in [2.75, 3.05) is 11.9 Å². The van der Waals surface area contributed by atoms with E-state index in [2.05, 4.69) is 0 Å². The summed E-state index contributed by atoms with van der Waals surface area (Å²) in [5.74, 6) is -0.654. The van der Waals surface area contributed by atoms with Gasteiger partial charge in [-0.1, -0.05) is 30.3 Å². The number of nitriles is 1. The number of hydrogen-bond donors (Lipinski definition) is 0. The van der Waals surface area contributed by atoms with Crippen LogP contribution in [-0.2, 0) is 5.41 Å². The lowest BCUT2D eigenvalue weighted by Crippen LogP contribution is -2.39. The maximum absolute atomic E-state index is 14.1. The summed E-state index contributed by atoms with van der Waals surface area (Å²) in [6, 6.07) is 14.5. The maximum Gasteiger partial charge on any atom is 0.401 e. The molecule has 2 nitrogen and oxygen atoms in total. The predicted octanol–water partition coefficient (Wildman–Crippen LogP) is 3.97. The summed E-state index contributed by atoms with van der Waals surface area (Å²) in [7, 11) is 1.70. The maximum atomic E-state index is 14.1. The molecule has 1 aliphatic carbocycles. The van der Waals surface area contributed by atoms with Gasteiger partial charge in [-0.3, -0.25) is 0 Å². The Morgan fingerprint density at radius 1 is 1.13 bits per heavy atom. The monoisotopic (exact) mass is 314 g/mol. The molecule has 1 saturated carbocycles. The zero-order valence-corrected chi connectivity index (χ0v) is 12.3. The largest absolute Gasteiger partial charge is 0.401 e. The van der Waals surface area contributed by atoms with E-state index in [1.165, 1.54) is 0 Å². The Bertz CT molecular complexity index is 822. The third-order valence-electron chi connectivity index (χ3n) is 5.17. The number of fused-ring (bicyclic) bond motifs is 3. The molecule has 4 rings (SSSR count). The van der Waals surface area contributed by atoms with E-state index in [0.717, 1.165) is 5.69 Å². The van der Waals surface area contributed by atoms with Crippen molar-refractivity contribution in [1.29, 1.82) is 5.26 Å². The van der Waals surface area contributed by atoms with Crippen molar-refractivity contribution < 1.29 is 13.2 Å². The fourth-order valence-corrected chi connectivity index (χ4v) is 4.23. The number of hydrogen-bond acceptors (Lipinski definition) is 2. The Hall–Kier alpha value is -2.48. The standard InChI is InChI=1S/C18H13F3N2/c1-23-14-8-7-11(10-22)9-13(14)15-16(23)17(15,18(19,20)21)12-5-3-2-4-6-12/h2-9,15-16H,1H3/t15-,16+,17+/m0/s1. The highest BCUT2D eigenvalue weighted by molar-refractivity contribution is 5.74. The van der Waals surface area contributed by atoms with Crippen molar-refractivity contribution in [3.05, 3.63) is 65.2 Å². The molecule has 116 valence electrons. The molecule has 0 unspecified atom stereocenters. The number of benzene rings is 2. The number of likely N-dealkylation sites (N-methyl/N-ethyl adjacent to an activating group) is 1. The molecule has 0 bridgehead atoms. The predicted molar refractivity (Wildman–Crippen MR) is 80.3 cm³/mol. The molecule has 2 aromatic carbocycles. The van der Waals surface area contributed by atoms with Gasteiger partial charge in [0.15, 0.2) is 0 Å². The molecule has 0 aromatic heterocycles. The molecule has 0 radical (unpaired) electrons. The molecule has 0 saturated heterocycles. The number of nitrogens with zero attached hydrogens (tertiary/aromatic N) is 2. The first-order valence-electron chi connectivity index (χ1n) is 7.32. The van der Waals surface area contributed by atoms with Crippen molar-refractivity contribution in [2.24, 2.45) is 0 Å². The van der Waals surface area contributed by atoms with E-state index in [9.17, 15) is 13.2 Å². The van der Waals surface area contributed by atoms with Crippen LogP contribution in [0.2, 0.25) is 0 Å². The average molecular weight is 314 g/mol. The Balaban J connectivity index is 1.92. The van der Waals surface area contributed by atoms with Gasteiger partial charge in [0.1, 0.15) is 5.41 Å². The van der Waals surface area contributed by atoms with E-state index in [0.29, 0.717) is 16.7 Å². The van der Waals surface area contributed by atoms with E-state index < -0.39 is 23.6 Å². The van der Waals surface area contributed by atoms with Crippen LogP contribution in [0.15, 0.2) is 48.5 Å². The molecule has 23 heavy (non-hydrogen) atoms. The normalized spacial score (nSPS) is 28.0. The minimum atomic E-state index is -4.35. The first-order chi connectivity index (χ1) is 10.9. The molecular weight excluding hydrogens is 301 g/mol. The summed E-state index contributed by atoms with van der Waals surface area (Å²) in [5, 5.41) is 9.06. The molecule has 5 heteroatoms. The quantitative estimate of drug-likeness (QED) is 0.796. The van der Waals surface area contributed by atoms with Gasteiger partial charge in [-0.2, -0.15) is 18.4 Å². The van der Waals surface area contributed by atoms with Gasteiger partial charge >= 0.3 is 6.18 Å². The van der Waals surface area contributed by atoms with Gasteiger partial charge in [0.25, 0.3) is 0 Å². The number of alkyl halides is 3. The summed E-state index contributed by atoms with van der Waals surface area (Å²) in [6.45, 7) is 0. The Labute approximate surface area is 131 Å². The smallest absolute Gasteiger partial charge is 0.369 e. The summed E-state index contributed by atoms with van der Waals surface area (Å²) in [4.78, 5) is 1.71. The third kappa shape index (κ3) is 1.58. The molecule has 1 fully saturated rings. The Kier molecular flexibility index (Phi) is 2.63. The zero-order valence-electron chi connectivity index (χ0n) is 12.3. The minimum absolute atomic E-state index is 0.294. The molecule has 2 aromatic rings. The van der Waals surface area contributed by atoms with Gasteiger partial charge < -0.3 is 4.90 Å². The topological polar surface area (TPSA) is 27.0 Å². The number of rotatable bonds is 1. The zero-order chi connectivity index (χ0) is 16.4. The molecular formula is C18H13F3N2. The highest BCUT2D eigenvalue weighted by Gasteiger charge is 2.82. The summed E-state index contributed by atoms with van der Waals surface area (Å²) in [5.41, 5.74) is 0.216. The number of halogens is 3. The van der Waals surface area contributed by atoms with E-state index in [-0.39, 0.29) is 0 Å². The van der Waals surface area contributed by atoms with Crippen molar-refractivity contribution >= 4 is 5.69 Å². The van der Waals surface area contributed by atoms with Crippen molar-refractivity contribution in [3.8, 4) is 6.07 Å².